The monoisotopic (exact) mass is 352 g/mol. The maximum Gasteiger partial charge on any atom is 0.270 e. The maximum absolute atomic E-state index is 12.6. The second-order valence-electron chi connectivity index (χ2n) is 5.93. The van der Waals surface area contributed by atoms with Gasteiger partial charge in [0.05, 0.1) is 25.3 Å². The molecule has 0 radical (unpaired) electrons. The molecule has 1 unspecified atom stereocenters. The van der Waals surface area contributed by atoms with Gasteiger partial charge in [0.25, 0.3) is 5.91 Å². The number of ether oxygens (including phenoxy) is 2. The number of carbonyl (C=O) groups is 2. The molecule has 6 heteroatoms. The minimum Gasteiger partial charge on any atom is -0.493 e. The van der Waals surface area contributed by atoms with Crippen LogP contribution in [0.2, 0.25) is 0 Å². The molecule has 1 heterocycles. The fraction of sp³-hybridized carbons (Fsp3) is 0.250. The zero-order valence-corrected chi connectivity index (χ0v) is 14.7. The van der Waals surface area contributed by atoms with E-state index >= 15 is 0 Å². The van der Waals surface area contributed by atoms with E-state index in [1.165, 1.54) is 6.08 Å². The standard InChI is InChI=1S/C20H20N2O4/c1-13-6-5-7-15-19(13)14(12-18(23)22-15)20(24)21-10-11-26-17-9-4-3-8-16(17)25-2/h3-9,12,19H,10-11H2,1-2H3,(H,21,24). The van der Waals surface area contributed by atoms with Gasteiger partial charge in [-0.3, -0.25) is 9.59 Å². The van der Waals surface area contributed by atoms with Crippen LogP contribution in [0.3, 0.4) is 0 Å². The molecule has 2 amide bonds. The Kier molecular flexibility index (Phi) is 5.31. The van der Waals surface area contributed by atoms with Gasteiger partial charge in [0, 0.05) is 11.6 Å². The number of hydrogen-bond donors (Lipinski definition) is 1. The molecular formula is C20H20N2O4. The molecule has 1 N–H and O–H groups in total. The third-order valence-electron chi connectivity index (χ3n) is 4.18. The molecule has 1 atom stereocenters. The van der Waals surface area contributed by atoms with Crippen LogP contribution in [0.5, 0.6) is 11.5 Å². The molecule has 26 heavy (non-hydrogen) atoms. The van der Waals surface area contributed by atoms with Gasteiger partial charge in [0.15, 0.2) is 11.5 Å². The molecule has 0 fully saturated rings. The van der Waals surface area contributed by atoms with Crippen molar-refractivity contribution in [2.75, 3.05) is 20.3 Å². The number of dihydropyridines is 1. The van der Waals surface area contributed by atoms with Crippen LogP contribution < -0.4 is 14.8 Å². The fourth-order valence-electron chi connectivity index (χ4n) is 2.97. The van der Waals surface area contributed by atoms with Crippen LogP contribution in [-0.2, 0) is 9.59 Å². The largest absolute Gasteiger partial charge is 0.493 e. The van der Waals surface area contributed by atoms with Crippen LogP contribution in [0.15, 0.2) is 64.7 Å². The summed E-state index contributed by atoms with van der Waals surface area (Å²) in [6.45, 7) is 2.51. The van der Waals surface area contributed by atoms with Gasteiger partial charge in [-0.1, -0.05) is 29.9 Å². The lowest BCUT2D eigenvalue weighted by molar-refractivity contribution is -0.119. The number of hydrogen-bond acceptors (Lipinski definition) is 4. The van der Waals surface area contributed by atoms with Crippen LogP contribution in [0.1, 0.15) is 6.92 Å². The highest BCUT2D eigenvalue weighted by Crippen LogP contribution is 2.29. The Labute approximate surface area is 151 Å². The van der Waals surface area contributed by atoms with Crippen molar-refractivity contribution in [2.45, 2.75) is 6.92 Å². The molecule has 0 bridgehead atoms. The number of benzene rings is 1. The van der Waals surface area contributed by atoms with E-state index in [0.717, 1.165) is 5.57 Å². The van der Waals surface area contributed by atoms with E-state index in [-0.39, 0.29) is 18.4 Å². The Balaban J connectivity index is 1.59. The molecule has 0 saturated carbocycles. The Hall–Kier alpha value is -3.15. The molecule has 0 saturated heterocycles. The lowest BCUT2D eigenvalue weighted by Crippen LogP contribution is -2.36. The smallest absolute Gasteiger partial charge is 0.270 e. The van der Waals surface area contributed by atoms with Crippen molar-refractivity contribution in [3.05, 3.63) is 59.7 Å². The number of rotatable bonds is 6. The fourth-order valence-corrected chi connectivity index (χ4v) is 2.97. The van der Waals surface area contributed by atoms with Crippen LogP contribution in [-0.4, -0.2) is 37.8 Å². The number of fused-ring (bicyclic) bond motifs is 1. The summed E-state index contributed by atoms with van der Waals surface area (Å²) >= 11 is 0. The van der Waals surface area contributed by atoms with Gasteiger partial charge in [0.1, 0.15) is 6.61 Å². The summed E-state index contributed by atoms with van der Waals surface area (Å²) in [7, 11) is 1.57. The molecule has 0 aromatic heterocycles. The molecule has 1 aromatic rings. The molecule has 2 aliphatic rings. The van der Waals surface area contributed by atoms with Crippen molar-refractivity contribution in [1.29, 1.82) is 0 Å². The number of carbonyl (C=O) groups excluding carboxylic acids is 2. The number of aliphatic imine (C=N–C) groups is 1. The Morgan fingerprint density at radius 2 is 2.04 bits per heavy atom. The summed E-state index contributed by atoms with van der Waals surface area (Å²) < 4.78 is 10.9. The SMILES string of the molecule is COc1ccccc1OCCNC(=O)C1=CC(=O)N=C2C=CC=C(C)C12. The molecule has 0 spiro atoms. The number of methoxy groups -OCH3 is 1. The van der Waals surface area contributed by atoms with E-state index in [4.69, 9.17) is 9.47 Å². The Morgan fingerprint density at radius 3 is 2.81 bits per heavy atom. The summed E-state index contributed by atoms with van der Waals surface area (Å²) in [5.74, 6) is 0.276. The van der Waals surface area contributed by atoms with Crippen LogP contribution in [0, 0.1) is 5.92 Å². The van der Waals surface area contributed by atoms with Gasteiger partial charge in [-0.2, -0.15) is 0 Å². The zero-order chi connectivity index (χ0) is 18.5. The van der Waals surface area contributed by atoms with Crippen LogP contribution >= 0.6 is 0 Å². The lowest BCUT2D eigenvalue weighted by atomic mass is 9.82. The molecule has 1 aliphatic heterocycles. The average Bonchev–Trinajstić information content (AvgIpc) is 2.64. The van der Waals surface area contributed by atoms with E-state index < -0.39 is 5.91 Å². The van der Waals surface area contributed by atoms with Crippen LogP contribution in [0.4, 0.5) is 0 Å². The number of nitrogens with one attached hydrogen (secondary N) is 1. The minimum absolute atomic E-state index is 0.271. The summed E-state index contributed by atoms with van der Waals surface area (Å²) in [5.41, 5.74) is 1.99. The van der Waals surface area contributed by atoms with E-state index in [1.807, 2.05) is 31.2 Å². The zero-order valence-electron chi connectivity index (χ0n) is 14.7. The third-order valence-corrected chi connectivity index (χ3v) is 4.18. The number of allylic oxidation sites excluding steroid dienone is 4. The second-order valence-corrected chi connectivity index (χ2v) is 5.93. The van der Waals surface area contributed by atoms with Crippen LogP contribution in [0.25, 0.3) is 0 Å². The molecular weight excluding hydrogens is 332 g/mol. The normalized spacial score (nSPS) is 18.3. The minimum atomic E-state index is -0.411. The summed E-state index contributed by atoms with van der Waals surface area (Å²) in [4.78, 5) is 28.3. The molecule has 134 valence electrons. The Bertz CT molecular complexity index is 849. The van der Waals surface area contributed by atoms with Gasteiger partial charge in [-0.25, -0.2) is 4.99 Å². The van der Waals surface area contributed by atoms with Gasteiger partial charge in [-0.15, -0.1) is 0 Å². The molecule has 6 nitrogen and oxygen atoms in total. The average molecular weight is 352 g/mol. The van der Waals surface area contributed by atoms with Gasteiger partial charge in [-0.05, 0) is 25.1 Å². The van der Waals surface area contributed by atoms with Crippen molar-refractivity contribution in [2.24, 2.45) is 10.9 Å². The summed E-state index contributed by atoms with van der Waals surface area (Å²) in [5, 5.41) is 2.80. The van der Waals surface area contributed by atoms with E-state index in [1.54, 1.807) is 25.3 Å². The van der Waals surface area contributed by atoms with Gasteiger partial charge >= 0.3 is 0 Å². The predicted octanol–water partition coefficient (Wildman–Crippen LogP) is 2.23. The highest BCUT2D eigenvalue weighted by atomic mass is 16.5. The number of para-hydroxylation sites is 2. The first-order chi connectivity index (χ1) is 12.6. The van der Waals surface area contributed by atoms with E-state index in [0.29, 0.717) is 29.3 Å². The third kappa shape index (κ3) is 3.74. The first-order valence-corrected chi connectivity index (χ1v) is 8.33. The van der Waals surface area contributed by atoms with Gasteiger partial charge in [0.2, 0.25) is 5.91 Å². The van der Waals surface area contributed by atoms with Crippen molar-refractivity contribution >= 4 is 17.5 Å². The lowest BCUT2D eigenvalue weighted by Gasteiger charge is -2.25. The van der Waals surface area contributed by atoms with Crippen molar-refractivity contribution < 1.29 is 19.1 Å². The first-order valence-electron chi connectivity index (χ1n) is 8.33. The topological polar surface area (TPSA) is 77.0 Å². The number of nitrogens with zero attached hydrogens (tertiary/aromatic N) is 1. The maximum atomic E-state index is 12.6. The molecule has 1 aromatic carbocycles. The second kappa shape index (κ2) is 7.82. The van der Waals surface area contributed by atoms with E-state index in [9.17, 15) is 9.59 Å². The Morgan fingerprint density at radius 1 is 1.27 bits per heavy atom. The van der Waals surface area contributed by atoms with Crippen molar-refractivity contribution in [1.82, 2.24) is 5.32 Å². The highest BCUT2D eigenvalue weighted by Gasteiger charge is 2.31. The molecule has 3 rings (SSSR count). The highest BCUT2D eigenvalue weighted by molar-refractivity contribution is 6.18. The summed E-state index contributed by atoms with van der Waals surface area (Å²) in [6, 6.07) is 7.31. The molecule has 1 aliphatic carbocycles. The predicted molar refractivity (Wildman–Crippen MR) is 98.4 cm³/mol. The van der Waals surface area contributed by atoms with Crippen molar-refractivity contribution in [3.63, 3.8) is 0 Å². The quantitative estimate of drug-likeness (QED) is 0.797. The summed E-state index contributed by atoms with van der Waals surface area (Å²) in [6.07, 6.45) is 6.83. The van der Waals surface area contributed by atoms with Gasteiger partial charge < -0.3 is 14.8 Å². The van der Waals surface area contributed by atoms with E-state index in [2.05, 4.69) is 10.3 Å². The first kappa shape index (κ1) is 17.7. The number of amides is 2. The van der Waals surface area contributed by atoms with Crippen molar-refractivity contribution in [3.8, 4) is 11.5 Å².